The Bertz CT molecular complexity index is 301. The van der Waals surface area contributed by atoms with Gasteiger partial charge < -0.3 is 20.1 Å². The lowest BCUT2D eigenvalue weighted by Gasteiger charge is -1.90. The first-order chi connectivity index (χ1) is 4.70. The lowest BCUT2D eigenvalue weighted by molar-refractivity contribution is 0.397. The fraction of sp³-hybridized carbons (Fsp3) is 0. The summed E-state index contributed by atoms with van der Waals surface area (Å²) in [6, 6.07) is 1.03. The van der Waals surface area contributed by atoms with Crippen LogP contribution in [0.3, 0.4) is 0 Å². The standard InChI is InChI=1S/C6H4O4/c7-2-1-3(8)5-6(10-5)4(2)9/h1,7-9H. The monoisotopic (exact) mass is 140 g/mol. The zero-order valence-corrected chi connectivity index (χ0v) is 4.83. The van der Waals surface area contributed by atoms with Gasteiger partial charge in [0, 0.05) is 6.07 Å². The van der Waals surface area contributed by atoms with Gasteiger partial charge in [-0.05, 0) is 0 Å². The maximum atomic E-state index is 8.90. The number of phenolic OH excluding ortho intramolecular Hbond substituents is 3. The molecule has 0 amide bonds. The number of ether oxygens (including phenoxy) is 1. The van der Waals surface area contributed by atoms with E-state index in [4.69, 9.17) is 15.3 Å². The van der Waals surface area contributed by atoms with Gasteiger partial charge in [-0.1, -0.05) is 0 Å². The van der Waals surface area contributed by atoms with Crippen LogP contribution in [-0.4, -0.2) is 15.3 Å². The minimum absolute atomic E-state index is 0.148. The molecule has 0 aromatic heterocycles. The highest BCUT2D eigenvalue weighted by Gasteiger charge is 2.32. The molecule has 1 aliphatic heterocycles. The Morgan fingerprint density at radius 3 is 2.40 bits per heavy atom. The summed E-state index contributed by atoms with van der Waals surface area (Å²) in [6.45, 7) is 0. The van der Waals surface area contributed by atoms with Gasteiger partial charge >= 0.3 is 0 Å². The summed E-state index contributed by atoms with van der Waals surface area (Å²) in [5, 5.41) is 26.6. The van der Waals surface area contributed by atoms with Crippen molar-refractivity contribution < 1.29 is 20.1 Å². The number of fused-ring (bicyclic) bond motifs is 1. The summed E-state index contributed by atoms with van der Waals surface area (Å²) in [5.74, 6) is -0.417. The van der Waals surface area contributed by atoms with Crippen LogP contribution in [0.2, 0.25) is 0 Å². The molecule has 0 saturated heterocycles. The van der Waals surface area contributed by atoms with Gasteiger partial charge in [0.05, 0.1) is 0 Å². The molecule has 0 saturated carbocycles. The minimum Gasteiger partial charge on any atom is -0.504 e. The van der Waals surface area contributed by atoms with Crippen LogP contribution in [0.1, 0.15) is 0 Å². The molecule has 4 nitrogen and oxygen atoms in total. The summed E-state index contributed by atoms with van der Waals surface area (Å²) in [6.07, 6.45) is 0. The van der Waals surface area contributed by atoms with Gasteiger partial charge in [-0.25, -0.2) is 0 Å². The Kier molecular flexibility index (Phi) is 0.672. The van der Waals surface area contributed by atoms with Crippen molar-refractivity contribution in [3.05, 3.63) is 6.07 Å². The highest BCUT2D eigenvalue weighted by atomic mass is 16.6. The van der Waals surface area contributed by atoms with E-state index in [9.17, 15) is 0 Å². The van der Waals surface area contributed by atoms with Gasteiger partial charge in [-0.15, -0.1) is 0 Å². The molecule has 1 aromatic carbocycles. The maximum absolute atomic E-state index is 8.90. The summed E-state index contributed by atoms with van der Waals surface area (Å²) < 4.78 is 4.62. The van der Waals surface area contributed by atoms with Gasteiger partial charge in [0.2, 0.25) is 17.2 Å². The van der Waals surface area contributed by atoms with Crippen molar-refractivity contribution in [3.63, 3.8) is 0 Å². The Morgan fingerprint density at radius 1 is 1.00 bits per heavy atom. The smallest absolute Gasteiger partial charge is 0.219 e. The van der Waals surface area contributed by atoms with Crippen LogP contribution in [0.15, 0.2) is 6.07 Å². The summed E-state index contributed by atoms with van der Waals surface area (Å²) in [7, 11) is 0. The molecule has 1 aromatic rings. The summed E-state index contributed by atoms with van der Waals surface area (Å²) >= 11 is 0. The van der Waals surface area contributed by atoms with Crippen LogP contribution >= 0.6 is 0 Å². The van der Waals surface area contributed by atoms with Crippen molar-refractivity contribution in [1.29, 1.82) is 0 Å². The molecule has 0 fully saturated rings. The number of rotatable bonds is 0. The molecule has 0 bridgehead atoms. The molecule has 0 aliphatic carbocycles. The molecule has 1 aliphatic rings. The van der Waals surface area contributed by atoms with Crippen LogP contribution in [0.5, 0.6) is 28.7 Å². The van der Waals surface area contributed by atoms with Crippen molar-refractivity contribution in [1.82, 2.24) is 0 Å². The zero-order chi connectivity index (χ0) is 7.30. The second kappa shape index (κ2) is 1.29. The molecule has 1 heterocycles. The Labute approximate surface area is 55.9 Å². The molecule has 0 radical (unpaired) electrons. The lowest BCUT2D eigenvalue weighted by Crippen LogP contribution is -1.61. The molecule has 0 spiro atoms. The van der Waals surface area contributed by atoms with E-state index >= 15 is 0 Å². The van der Waals surface area contributed by atoms with Gasteiger partial charge in [0.15, 0.2) is 11.5 Å². The third kappa shape index (κ3) is 0.452. The van der Waals surface area contributed by atoms with E-state index in [1.165, 1.54) is 0 Å². The predicted molar refractivity (Wildman–Crippen MR) is 31.5 cm³/mol. The largest absolute Gasteiger partial charge is 0.504 e. The Balaban J connectivity index is 2.71. The third-order valence-electron chi connectivity index (χ3n) is 1.33. The summed E-state index contributed by atoms with van der Waals surface area (Å²) in [4.78, 5) is 0. The average molecular weight is 140 g/mol. The summed E-state index contributed by atoms with van der Waals surface area (Å²) in [5.41, 5.74) is 0. The van der Waals surface area contributed by atoms with Crippen LogP contribution in [0.25, 0.3) is 0 Å². The Morgan fingerprint density at radius 2 is 1.70 bits per heavy atom. The fourth-order valence-electron chi connectivity index (χ4n) is 0.781. The van der Waals surface area contributed by atoms with E-state index in [0.29, 0.717) is 0 Å². The first kappa shape index (κ1) is 5.22. The van der Waals surface area contributed by atoms with E-state index in [1.807, 2.05) is 0 Å². The highest BCUT2D eigenvalue weighted by molar-refractivity contribution is 5.73. The van der Waals surface area contributed by atoms with Crippen molar-refractivity contribution in [3.8, 4) is 28.7 Å². The second-order valence-electron chi connectivity index (χ2n) is 2.02. The molecule has 0 atom stereocenters. The van der Waals surface area contributed by atoms with Crippen molar-refractivity contribution >= 4 is 0 Å². The van der Waals surface area contributed by atoms with Gasteiger partial charge in [-0.2, -0.15) is 0 Å². The van der Waals surface area contributed by atoms with Gasteiger partial charge in [0.25, 0.3) is 0 Å². The van der Waals surface area contributed by atoms with Crippen molar-refractivity contribution in [2.75, 3.05) is 0 Å². The van der Waals surface area contributed by atoms with Crippen molar-refractivity contribution in [2.24, 2.45) is 0 Å². The fourth-order valence-corrected chi connectivity index (χ4v) is 0.781. The van der Waals surface area contributed by atoms with Crippen molar-refractivity contribution in [2.45, 2.75) is 0 Å². The number of phenols is 3. The van der Waals surface area contributed by atoms with E-state index in [1.54, 1.807) is 0 Å². The number of benzene rings is 1. The molecule has 0 unspecified atom stereocenters. The van der Waals surface area contributed by atoms with Gasteiger partial charge in [-0.3, -0.25) is 0 Å². The SMILES string of the molecule is Oc1cc(O)c2c(c1O)O2. The maximum Gasteiger partial charge on any atom is 0.219 e. The lowest BCUT2D eigenvalue weighted by atomic mass is 10.3. The average Bonchev–Trinajstić information content (AvgIpc) is 2.61. The molecule has 52 valence electrons. The number of hydrogen-bond donors (Lipinski definition) is 3. The molecular weight excluding hydrogens is 136 g/mol. The second-order valence-corrected chi connectivity index (χ2v) is 2.02. The van der Waals surface area contributed by atoms with Gasteiger partial charge in [0.1, 0.15) is 0 Å². The van der Waals surface area contributed by atoms with E-state index in [-0.39, 0.29) is 28.7 Å². The Hall–Kier alpha value is -1.58. The minimum atomic E-state index is -0.367. The van der Waals surface area contributed by atoms with Crippen LogP contribution < -0.4 is 4.74 Å². The van der Waals surface area contributed by atoms with Crippen LogP contribution in [0.4, 0.5) is 0 Å². The van der Waals surface area contributed by atoms with E-state index < -0.39 is 0 Å². The normalized spacial score (nSPS) is 12.0. The number of aromatic hydroxyl groups is 3. The molecule has 4 heteroatoms. The first-order valence-corrected chi connectivity index (χ1v) is 2.66. The molecule has 10 heavy (non-hydrogen) atoms. The number of hydrogen-bond acceptors (Lipinski definition) is 4. The topological polar surface area (TPSA) is 73.2 Å². The molecular formula is C6H4O4. The molecule has 3 N–H and O–H groups in total. The predicted octanol–water partition coefficient (Wildman–Crippen LogP) is 0.909. The highest BCUT2D eigenvalue weighted by Crippen LogP contribution is 2.60. The van der Waals surface area contributed by atoms with E-state index in [0.717, 1.165) is 6.07 Å². The van der Waals surface area contributed by atoms with E-state index in [2.05, 4.69) is 4.74 Å². The zero-order valence-electron chi connectivity index (χ0n) is 4.83. The molecule has 2 rings (SSSR count). The third-order valence-corrected chi connectivity index (χ3v) is 1.33. The van der Waals surface area contributed by atoms with Crippen LogP contribution in [0, 0.1) is 0 Å². The first-order valence-electron chi connectivity index (χ1n) is 2.66. The van der Waals surface area contributed by atoms with Crippen LogP contribution in [-0.2, 0) is 0 Å². The quantitative estimate of drug-likeness (QED) is 0.289.